The second-order valence-corrected chi connectivity index (χ2v) is 7.81. The van der Waals surface area contributed by atoms with E-state index in [0.29, 0.717) is 22.3 Å². The number of benzene rings is 1. The number of carbonyl (C=O) groups excluding carboxylic acids is 2. The molecule has 3 aliphatic heterocycles. The number of fused-ring (bicyclic) bond motifs is 5. The number of hydrogen-bond donors (Lipinski definition) is 0. The normalized spacial score (nSPS) is 29.7. The van der Waals surface area contributed by atoms with Crippen molar-refractivity contribution in [2.24, 2.45) is 11.8 Å². The molecule has 4 atom stereocenters. The molecule has 4 heterocycles. The van der Waals surface area contributed by atoms with Crippen molar-refractivity contribution < 1.29 is 14.3 Å². The third-order valence-electron chi connectivity index (χ3n) is 5.49. The molecule has 0 N–H and O–H groups in total. The summed E-state index contributed by atoms with van der Waals surface area (Å²) in [5.74, 6) is -0.998. The van der Waals surface area contributed by atoms with Crippen LogP contribution in [0.2, 0.25) is 10.0 Å². The van der Waals surface area contributed by atoms with Gasteiger partial charge >= 0.3 is 0 Å². The Morgan fingerprint density at radius 1 is 1.08 bits per heavy atom. The van der Waals surface area contributed by atoms with Crippen LogP contribution in [0.15, 0.2) is 30.6 Å². The van der Waals surface area contributed by atoms with E-state index in [4.69, 9.17) is 27.9 Å². The maximum Gasteiger partial charge on any atom is 0.240 e. The highest BCUT2D eigenvalue weighted by atomic mass is 35.5. The van der Waals surface area contributed by atoms with Crippen LogP contribution >= 0.6 is 23.2 Å². The standard InChI is InChI=1S/C18H15Cl2N3O3/c19-11-2-1-9(5-12(11)20)7-22-8-10(6-21-22)23-17(24)15-13-3-4-14(26-13)16(15)18(23)25/h1-2,5-6,8,13-16H,3-4,7H2/t13-,14+,15-,16+. The minimum atomic E-state index is -0.334. The third-order valence-corrected chi connectivity index (χ3v) is 6.23. The van der Waals surface area contributed by atoms with Gasteiger partial charge in [0.2, 0.25) is 11.8 Å². The van der Waals surface area contributed by atoms with Crippen LogP contribution in [0.5, 0.6) is 0 Å². The fourth-order valence-electron chi connectivity index (χ4n) is 4.35. The van der Waals surface area contributed by atoms with Gasteiger partial charge in [-0.15, -0.1) is 0 Å². The predicted octanol–water partition coefficient (Wildman–Crippen LogP) is 2.91. The molecular formula is C18H15Cl2N3O3. The van der Waals surface area contributed by atoms with Crippen molar-refractivity contribution in [1.82, 2.24) is 9.78 Å². The van der Waals surface area contributed by atoms with Crippen LogP contribution in [0.1, 0.15) is 18.4 Å². The van der Waals surface area contributed by atoms with Gasteiger partial charge in [-0.2, -0.15) is 5.10 Å². The van der Waals surface area contributed by atoms with Crippen molar-refractivity contribution in [2.45, 2.75) is 31.6 Å². The molecule has 134 valence electrons. The first-order valence-electron chi connectivity index (χ1n) is 8.52. The Hall–Kier alpha value is -1.89. The monoisotopic (exact) mass is 391 g/mol. The smallest absolute Gasteiger partial charge is 0.240 e. The summed E-state index contributed by atoms with van der Waals surface area (Å²) >= 11 is 12.0. The second kappa shape index (κ2) is 5.81. The number of hydrogen-bond acceptors (Lipinski definition) is 4. The molecule has 2 amide bonds. The molecule has 2 bridgehead atoms. The molecule has 26 heavy (non-hydrogen) atoms. The molecule has 0 aliphatic carbocycles. The maximum absolute atomic E-state index is 12.8. The summed E-state index contributed by atoms with van der Waals surface area (Å²) in [7, 11) is 0. The van der Waals surface area contributed by atoms with Gasteiger partial charge in [0.05, 0.1) is 52.5 Å². The first-order valence-corrected chi connectivity index (χ1v) is 9.28. The Bertz CT molecular complexity index is 900. The molecule has 3 saturated heterocycles. The van der Waals surface area contributed by atoms with E-state index in [9.17, 15) is 9.59 Å². The number of halogens is 2. The molecule has 3 aliphatic rings. The number of ether oxygens (including phenoxy) is 1. The van der Waals surface area contributed by atoms with Crippen LogP contribution in [0.3, 0.4) is 0 Å². The second-order valence-electron chi connectivity index (χ2n) is 7.00. The summed E-state index contributed by atoms with van der Waals surface area (Å²) in [6, 6.07) is 5.37. The Morgan fingerprint density at radius 3 is 2.42 bits per heavy atom. The molecule has 8 heteroatoms. The van der Waals surface area contributed by atoms with E-state index in [1.54, 1.807) is 29.2 Å². The summed E-state index contributed by atoms with van der Waals surface area (Å²) in [5.41, 5.74) is 1.44. The van der Waals surface area contributed by atoms with Gasteiger partial charge in [-0.1, -0.05) is 29.3 Å². The van der Waals surface area contributed by atoms with Crippen LogP contribution in [-0.4, -0.2) is 33.8 Å². The van der Waals surface area contributed by atoms with Crippen LogP contribution in [-0.2, 0) is 20.9 Å². The lowest BCUT2D eigenvalue weighted by atomic mass is 9.81. The van der Waals surface area contributed by atoms with Gasteiger partial charge in [-0.3, -0.25) is 14.3 Å². The number of carbonyl (C=O) groups is 2. The lowest BCUT2D eigenvalue weighted by Gasteiger charge is -2.15. The lowest BCUT2D eigenvalue weighted by molar-refractivity contribution is -0.124. The molecule has 0 unspecified atom stereocenters. The topological polar surface area (TPSA) is 64.4 Å². The van der Waals surface area contributed by atoms with Crippen LogP contribution in [0.4, 0.5) is 5.69 Å². The largest absolute Gasteiger partial charge is 0.373 e. The van der Waals surface area contributed by atoms with Crippen LogP contribution in [0.25, 0.3) is 0 Å². The van der Waals surface area contributed by atoms with Crippen molar-refractivity contribution in [3.8, 4) is 0 Å². The molecule has 1 aromatic heterocycles. The maximum atomic E-state index is 12.8. The van der Waals surface area contributed by atoms with Crippen molar-refractivity contribution in [3.05, 3.63) is 46.2 Å². The van der Waals surface area contributed by atoms with Gasteiger partial charge < -0.3 is 4.74 Å². The molecule has 3 fully saturated rings. The number of aromatic nitrogens is 2. The summed E-state index contributed by atoms with van der Waals surface area (Å²) in [6.07, 6.45) is 4.75. The minimum absolute atomic E-state index is 0.113. The molecule has 0 radical (unpaired) electrons. The fraction of sp³-hybridized carbons (Fsp3) is 0.389. The van der Waals surface area contributed by atoms with Crippen LogP contribution < -0.4 is 4.90 Å². The van der Waals surface area contributed by atoms with E-state index >= 15 is 0 Å². The first-order chi connectivity index (χ1) is 12.5. The molecule has 0 spiro atoms. The molecule has 0 saturated carbocycles. The fourth-order valence-corrected chi connectivity index (χ4v) is 4.67. The average molecular weight is 392 g/mol. The van der Waals surface area contributed by atoms with E-state index in [2.05, 4.69) is 5.10 Å². The van der Waals surface area contributed by atoms with E-state index in [0.717, 1.165) is 18.4 Å². The first kappa shape index (κ1) is 16.3. The van der Waals surface area contributed by atoms with Crippen molar-refractivity contribution in [2.75, 3.05) is 4.90 Å². The minimum Gasteiger partial charge on any atom is -0.373 e. The van der Waals surface area contributed by atoms with Gasteiger partial charge in [0.15, 0.2) is 0 Å². The summed E-state index contributed by atoms with van der Waals surface area (Å²) < 4.78 is 7.43. The quantitative estimate of drug-likeness (QED) is 0.754. The SMILES string of the molecule is O=C1[C@@H]2[C@H](C(=O)N1c1cnn(Cc3ccc(Cl)c(Cl)c3)c1)[C@H]1CC[C@@H]2O1. The Labute approximate surface area is 159 Å². The van der Waals surface area contributed by atoms with Gasteiger partial charge in [0.1, 0.15) is 0 Å². The molecule has 6 nitrogen and oxygen atoms in total. The lowest BCUT2D eigenvalue weighted by Crippen LogP contribution is -2.33. The number of anilines is 1. The van der Waals surface area contributed by atoms with Crippen molar-refractivity contribution in [3.63, 3.8) is 0 Å². The van der Waals surface area contributed by atoms with Crippen LogP contribution in [0, 0.1) is 11.8 Å². The number of amides is 2. The zero-order valence-electron chi connectivity index (χ0n) is 13.6. The van der Waals surface area contributed by atoms with E-state index < -0.39 is 0 Å². The molecule has 1 aromatic carbocycles. The highest BCUT2D eigenvalue weighted by Gasteiger charge is 2.62. The molecule has 5 rings (SSSR count). The third kappa shape index (κ3) is 2.32. The Morgan fingerprint density at radius 2 is 1.77 bits per heavy atom. The van der Waals surface area contributed by atoms with E-state index in [1.807, 2.05) is 6.07 Å². The molecular weight excluding hydrogens is 377 g/mol. The zero-order valence-corrected chi connectivity index (χ0v) is 15.2. The predicted molar refractivity (Wildman–Crippen MR) is 95.2 cm³/mol. The highest BCUT2D eigenvalue weighted by Crippen LogP contribution is 2.49. The van der Waals surface area contributed by atoms with Gasteiger partial charge in [-0.25, -0.2) is 4.90 Å². The number of rotatable bonds is 3. The van der Waals surface area contributed by atoms with E-state index in [1.165, 1.54) is 4.90 Å². The summed E-state index contributed by atoms with van der Waals surface area (Å²) in [5, 5.41) is 5.26. The average Bonchev–Trinajstić information content (AvgIpc) is 3.36. The van der Waals surface area contributed by atoms with Crippen molar-refractivity contribution in [1.29, 1.82) is 0 Å². The van der Waals surface area contributed by atoms with Gasteiger partial charge in [0, 0.05) is 6.20 Å². The highest BCUT2D eigenvalue weighted by molar-refractivity contribution is 6.42. The number of nitrogens with zero attached hydrogens (tertiary/aromatic N) is 3. The zero-order chi connectivity index (χ0) is 18.0. The Balaban J connectivity index is 1.39. The summed E-state index contributed by atoms with van der Waals surface area (Å²) in [4.78, 5) is 26.9. The van der Waals surface area contributed by atoms with Crippen molar-refractivity contribution >= 4 is 40.7 Å². The Kier molecular flexibility index (Phi) is 3.64. The van der Waals surface area contributed by atoms with Gasteiger partial charge in [-0.05, 0) is 30.5 Å². The van der Waals surface area contributed by atoms with Gasteiger partial charge in [0.25, 0.3) is 0 Å². The number of imide groups is 1. The van der Waals surface area contributed by atoms with E-state index in [-0.39, 0.29) is 35.9 Å². The summed E-state index contributed by atoms with van der Waals surface area (Å²) in [6.45, 7) is 0.467. The molecule has 2 aromatic rings.